The van der Waals surface area contributed by atoms with Crippen molar-refractivity contribution in [1.82, 2.24) is 19.6 Å². The fourth-order valence-electron chi connectivity index (χ4n) is 2.18. The number of hydrogen-bond donors (Lipinski definition) is 0. The highest BCUT2D eigenvalue weighted by atomic mass is 32.1. The van der Waals surface area contributed by atoms with Gasteiger partial charge < -0.3 is 0 Å². The Morgan fingerprint density at radius 3 is 2.89 bits per heavy atom. The van der Waals surface area contributed by atoms with E-state index in [1.54, 1.807) is 22.2 Å². The van der Waals surface area contributed by atoms with E-state index in [1.807, 2.05) is 24.3 Å². The number of para-hydroxylation sites is 1. The number of aryl methyl sites for hydroxylation is 1. The second-order valence-electron chi connectivity index (χ2n) is 4.40. The van der Waals surface area contributed by atoms with Crippen LogP contribution in [0.25, 0.3) is 27.3 Å². The van der Waals surface area contributed by atoms with Crippen LogP contribution in [0.2, 0.25) is 0 Å². The standard InChI is InChI=1S/C14H10N4S/c1-9-6-7-19-12(9)13-16-14-10-4-2-3-5-11(10)15-8-18(14)17-13/h2-8H,1H3. The van der Waals surface area contributed by atoms with Crippen molar-refractivity contribution < 1.29 is 0 Å². The first-order valence-corrected chi connectivity index (χ1v) is 6.85. The van der Waals surface area contributed by atoms with E-state index in [-0.39, 0.29) is 0 Å². The molecule has 92 valence electrons. The maximum Gasteiger partial charge on any atom is 0.192 e. The number of thiophene rings is 1. The summed E-state index contributed by atoms with van der Waals surface area (Å²) >= 11 is 1.66. The number of benzene rings is 1. The van der Waals surface area contributed by atoms with Gasteiger partial charge in [0.2, 0.25) is 0 Å². The van der Waals surface area contributed by atoms with Gasteiger partial charge in [0.1, 0.15) is 6.33 Å². The Bertz CT molecular complexity index is 891. The molecule has 3 aromatic heterocycles. The van der Waals surface area contributed by atoms with Crippen molar-refractivity contribution in [3.63, 3.8) is 0 Å². The van der Waals surface area contributed by atoms with Crippen LogP contribution in [0, 0.1) is 6.92 Å². The molecular weight excluding hydrogens is 256 g/mol. The molecular formula is C14H10N4S. The normalized spacial score (nSPS) is 11.4. The predicted octanol–water partition coefficient (Wildman–Crippen LogP) is 3.31. The summed E-state index contributed by atoms with van der Waals surface area (Å²) in [7, 11) is 0. The molecule has 1 aromatic carbocycles. The van der Waals surface area contributed by atoms with E-state index in [0.29, 0.717) is 0 Å². The number of nitrogens with zero attached hydrogens (tertiary/aromatic N) is 4. The lowest BCUT2D eigenvalue weighted by Crippen LogP contribution is -1.90. The summed E-state index contributed by atoms with van der Waals surface area (Å²) in [5.41, 5.74) is 3.00. The van der Waals surface area contributed by atoms with Crippen LogP contribution >= 0.6 is 11.3 Å². The van der Waals surface area contributed by atoms with Gasteiger partial charge in [0.25, 0.3) is 0 Å². The van der Waals surface area contributed by atoms with Crippen LogP contribution in [-0.2, 0) is 0 Å². The Hall–Kier alpha value is -2.27. The highest BCUT2D eigenvalue weighted by molar-refractivity contribution is 7.13. The summed E-state index contributed by atoms with van der Waals surface area (Å²) in [4.78, 5) is 10.2. The van der Waals surface area contributed by atoms with Crippen LogP contribution in [0.5, 0.6) is 0 Å². The number of fused-ring (bicyclic) bond motifs is 3. The SMILES string of the molecule is Cc1ccsc1-c1nc2c3ccccc3ncn2n1. The minimum atomic E-state index is 0.769. The molecule has 0 radical (unpaired) electrons. The number of hydrogen-bond acceptors (Lipinski definition) is 4. The summed E-state index contributed by atoms with van der Waals surface area (Å²) in [6.07, 6.45) is 1.72. The number of aromatic nitrogens is 4. The Morgan fingerprint density at radius 2 is 2.05 bits per heavy atom. The minimum absolute atomic E-state index is 0.769. The van der Waals surface area contributed by atoms with Gasteiger partial charge in [-0.05, 0) is 36.1 Å². The summed E-state index contributed by atoms with van der Waals surface area (Å²) in [6.45, 7) is 2.08. The highest BCUT2D eigenvalue weighted by Gasteiger charge is 2.12. The van der Waals surface area contributed by atoms with Gasteiger partial charge in [0.15, 0.2) is 11.5 Å². The Balaban J connectivity index is 2.06. The molecule has 4 nitrogen and oxygen atoms in total. The molecule has 3 heterocycles. The fourth-order valence-corrected chi connectivity index (χ4v) is 3.03. The Morgan fingerprint density at radius 1 is 1.16 bits per heavy atom. The molecule has 0 fully saturated rings. The zero-order chi connectivity index (χ0) is 12.8. The first-order valence-electron chi connectivity index (χ1n) is 5.97. The quantitative estimate of drug-likeness (QED) is 0.531. The van der Waals surface area contributed by atoms with Crippen molar-refractivity contribution in [3.8, 4) is 10.7 Å². The molecule has 0 unspecified atom stereocenters. The average molecular weight is 266 g/mol. The fraction of sp³-hybridized carbons (Fsp3) is 0.0714. The Labute approximate surface area is 113 Å². The van der Waals surface area contributed by atoms with Crippen molar-refractivity contribution in [2.45, 2.75) is 6.92 Å². The maximum atomic E-state index is 4.67. The summed E-state index contributed by atoms with van der Waals surface area (Å²) in [6, 6.07) is 10.1. The van der Waals surface area contributed by atoms with E-state index in [4.69, 9.17) is 0 Å². The van der Waals surface area contributed by atoms with Gasteiger partial charge in [-0.1, -0.05) is 12.1 Å². The van der Waals surface area contributed by atoms with Gasteiger partial charge in [-0.25, -0.2) is 14.5 Å². The molecule has 0 atom stereocenters. The van der Waals surface area contributed by atoms with Crippen LogP contribution in [0.3, 0.4) is 0 Å². The molecule has 19 heavy (non-hydrogen) atoms. The van der Waals surface area contributed by atoms with E-state index in [9.17, 15) is 0 Å². The van der Waals surface area contributed by atoms with Gasteiger partial charge in [-0.2, -0.15) is 0 Å². The smallest absolute Gasteiger partial charge is 0.192 e. The first kappa shape index (κ1) is 10.6. The molecule has 0 saturated carbocycles. The molecule has 0 aliphatic carbocycles. The van der Waals surface area contributed by atoms with Gasteiger partial charge in [-0.3, -0.25) is 0 Å². The van der Waals surface area contributed by atoms with E-state index in [0.717, 1.165) is 27.3 Å². The van der Waals surface area contributed by atoms with Gasteiger partial charge >= 0.3 is 0 Å². The third-order valence-corrected chi connectivity index (χ3v) is 4.16. The molecule has 5 heteroatoms. The van der Waals surface area contributed by atoms with Crippen LogP contribution < -0.4 is 0 Å². The molecule has 0 aliphatic heterocycles. The molecule has 0 aliphatic rings. The average Bonchev–Trinajstić information content (AvgIpc) is 3.04. The summed E-state index contributed by atoms with van der Waals surface area (Å²) < 4.78 is 1.75. The highest BCUT2D eigenvalue weighted by Crippen LogP contribution is 2.27. The van der Waals surface area contributed by atoms with E-state index >= 15 is 0 Å². The second kappa shape index (κ2) is 3.86. The van der Waals surface area contributed by atoms with Crippen molar-refractivity contribution in [1.29, 1.82) is 0 Å². The predicted molar refractivity (Wildman–Crippen MR) is 76.3 cm³/mol. The topological polar surface area (TPSA) is 43.1 Å². The van der Waals surface area contributed by atoms with Gasteiger partial charge in [0, 0.05) is 5.39 Å². The first-order chi connectivity index (χ1) is 9.33. The lowest BCUT2D eigenvalue weighted by Gasteiger charge is -1.96. The zero-order valence-corrected chi connectivity index (χ0v) is 11.1. The maximum absolute atomic E-state index is 4.67. The van der Waals surface area contributed by atoms with Crippen LogP contribution in [0.1, 0.15) is 5.56 Å². The molecule has 0 N–H and O–H groups in total. The number of rotatable bonds is 1. The van der Waals surface area contributed by atoms with E-state index in [2.05, 4.69) is 33.4 Å². The third-order valence-electron chi connectivity index (χ3n) is 3.15. The monoisotopic (exact) mass is 266 g/mol. The lowest BCUT2D eigenvalue weighted by atomic mass is 10.2. The van der Waals surface area contributed by atoms with Crippen LogP contribution in [0.4, 0.5) is 0 Å². The third kappa shape index (κ3) is 1.55. The van der Waals surface area contributed by atoms with Crippen LogP contribution in [0.15, 0.2) is 42.0 Å². The molecule has 4 aromatic rings. The minimum Gasteiger partial charge on any atom is -0.236 e. The van der Waals surface area contributed by atoms with Crippen LogP contribution in [-0.4, -0.2) is 19.6 Å². The van der Waals surface area contributed by atoms with Crippen molar-refractivity contribution in [2.24, 2.45) is 0 Å². The van der Waals surface area contributed by atoms with Crippen molar-refractivity contribution in [2.75, 3.05) is 0 Å². The van der Waals surface area contributed by atoms with Gasteiger partial charge in [-0.15, -0.1) is 16.4 Å². The van der Waals surface area contributed by atoms with E-state index < -0.39 is 0 Å². The molecule has 0 spiro atoms. The Kier molecular flexibility index (Phi) is 2.16. The zero-order valence-electron chi connectivity index (χ0n) is 10.2. The molecule has 0 saturated heterocycles. The van der Waals surface area contributed by atoms with Crippen molar-refractivity contribution in [3.05, 3.63) is 47.6 Å². The van der Waals surface area contributed by atoms with Gasteiger partial charge in [0.05, 0.1) is 10.4 Å². The molecule has 0 amide bonds. The van der Waals surface area contributed by atoms with E-state index in [1.165, 1.54) is 5.56 Å². The summed E-state index contributed by atoms with van der Waals surface area (Å²) in [5, 5.41) is 7.61. The second-order valence-corrected chi connectivity index (χ2v) is 5.31. The largest absolute Gasteiger partial charge is 0.236 e. The molecule has 4 rings (SSSR count). The molecule has 0 bridgehead atoms. The van der Waals surface area contributed by atoms with Crippen molar-refractivity contribution >= 4 is 27.9 Å². The lowest BCUT2D eigenvalue weighted by molar-refractivity contribution is 0.939. The summed E-state index contributed by atoms with van der Waals surface area (Å²) in [5.74, 6) is 0.769.